The molecule has 0 aromatic heterocycles. The summed E-state index contributed by atoms with van der Waals surface area (Å²) in [6.45, 7) is 2.03. The predicted molar refractivity (Wildman–Crippen MR) is 75.4 cm³/mol. The second-order valence-corrected chi connectivity index (χ2v) is 5.80. The van der Waals surface area contributed by atoms with Gasteiger partial charge in [-0.1, -0.05) is 22.0 Å². The zero-order valence-corrected chi connectivity index (χ0v) is 12.7. The van der Waals surface area contributed by atoms with Crippen LogP contribution in [-0.4, -0.2) is 12.6 Å². The lowest BCUT2D eigenvalue weighted by molar-refractivity contribution is -0.137. The maximum atomic E-state index is 14.0. The standard InChI is InChI=1S/C15H15BrF2O2/c1-2-20-13(19)4-3-5-15(6-7-15)14-11(17)8-10(16)9-12(14)18/h3-4,8-9H,2,5-7H2,1H3/b4-3+. The molecule has 0 saturated heterocycles. The zero-order valence-electron chi connectivity index (χ0n) is 11.1. The Morgan fingerprint density at radius 2 is 2.00 bits per heavy atom. The van der Waals surface area contributed by atoms with Gasteiger partial charge in [0.05, 0.1) is 6.61 Å². The highest BCUT2D eigenvalue weighted by molar-refractivity contribution is 9.10. The van der Waals surface area contributed by atoms with Gasteiger partial charge in [-0.05, 0) is 38.3 Å². The van der Waals surface area contributed by atoms with Gasteiger partial charge in [-0.25, -0.2) is 13.6 Å². The first kappa shape index (κ1) is 15.2. The highest BCUT2D eigenvalue weighted by atomic mass is 79.9. The van der Waals surface area contributed by atoms with E-state index in [-0.39, 0.29) is 5.56 Å². The molecule has 0 bridgehead atoms. The molecule has 0 aliphatic heterocycles. The molecule has 108 valence electrons. The Kier molecular flexibility index (Phi) is 4.58. The normalized spacial score (nSPS) is 16.4. The van der Waals surface area contributed by atoms with E-state index in [1.807, 2.05) is 0 Å². The molecule has 1 aromatic carbocycles. The van der Waals surface area contributed by atoms with Gasteiger partial charge >= 0.3 is 5.97 Å². The Morgan fingerprint density at radius 1 is 1.40 bits per heavy atom. The number of hydrogen-bond donors (Lipinski definition) is 0. The first-order chi connectivity index (χ1) is 9.48. The molecule has 1 saturated carbocycles. The fourth-order valence-corrected chi connectivity index (χ4v) is 2.73. The Bertz CT molecular complexity index is 528. The number of hydrogen-bond acceptors (Lipinski definition) is 2. The van der Waals surface area contributed by atoms with E-state index in [9.17, 15) is 13.6 Å². The lowest BCUT2D eigenvalue weighted by Crippen LogP contribution is -2.11. The average molecular weight is 345 g/mol. The minimum absolute atomic E-state index is 0.120. The number of esters is 1. The van der Waals surface area contributed by atoms with E-state index in [2.05, 4.69) is 15.9 Å². The van der Waals surface area contributed by atoms with Crippen molar-refractivity contribution in [3.8, 4) is 0 Å². The van der Waals surface area contributed by atoms with Gasteiger partial charge in [0.1, 0.15) is 11.6 Å². The van der Waals surface area contributed by atoms with Crippen molar-refractivity contribution < 1.29 is 18.3 Å². The summed E-state index contributed by atoms with van der Waals surface area (Å²) in [5, 5.41) is 0. The minimum atomic E-state index is -0.543. The molecule has 0 amide bonds. The fraction of sp³-hybridized carbons (Fsp3) is 0.400. The number of benzene rings is 1. The lowest BCUT2D eigenvalue weighted by Gasteiger charge is -2.15. The van der Waals surface area contributed by atoms with Crippen LogP contribution in [0.1, 0.15) is 31.7 Å². The van der Waals surface area contributed by atoms with Crippen LogP contribution in [0.25, 0.3) is 0 Å². The number of carbonyl (C=O) groups excluding carboxylic acids is 1. The van der Waals surface area contributed by atoms with Crippen molar-refractivity contribution in [3.05, 3.63) is 46.0 Å². The largest absolute Gasteiger partial charge is 0.463 e. The third-order valence-electron chi connectivity index (χ3n) is 3.44. The molecule has 0 radical (unpaired) electrons. The molecule has 1 aromatic rings. The van der Waals surface area contributed by atoms with Crippen molar-refractivity contribution in [2.45, 2.75) is 31.6 Å². The zero-order chi connectivity index (χ0) is 14.8. The SMILES string of the molecule is CCOC(=O)/C=C/CC1(c2c(F)cc(Br)cc2F)CC1. The van der Waals surface area contributed by atoms with Crippen molar-refractivity contribution in [3.63, 3.8) is 0 Å². The summed E-state index contributed by atoms with van der Waals surface area (Å²) in [5.41, 5.74) is -0.396. The molecule has 0 spiro atoms. The van der Waals surface area contributed by atoms with E-state index in [1.54, 1.807) is 13.0 Å². The number of ether oxygens (including phenoxy) is 1. The predicted octanol–water partition coefficient (Wildman–Crippen LogP) is 4.27. The summed E-state index contributed by atoms with van der Waals surface area (Å²) in [6.07, 6.45) is 4.82. The molecular formula is C15H15BrF2O2. The lowest BCUT2D eigenvalue weighted by atomic mass is 9.91. The van der Waals surface area contributed by atoms with E-state index < -0.39 is 23.0 Å². The Morgan fingerprint density at radius 3 is 2.50 bits per heavy atom. The molecule has 2 nitrogen and oxygen atoms in total. The summed E-state index contributed by atoms with van der Waals surface area (Å²) in [5.74, 6) is -1.52. The van der Waals surface area contributed by atoms with E-state index in [0.717, 1.165) is 12.8 Å². The van der Waals surface area contributed by atoms with Crippen LogP contribution in [-0.2, 0) is 14.9 Å². The third kappa shape index (κ3) is 3.26. The molecule has 0 N–H and O–H groups in total. The van der Waals surface area contributed by atoms with Crippen LogP contribution >= 0.6 is 15.9 Å². The first-order valence-electron chi connectivity index (χ1n) is 6.47. The topological polar surface area (TPSA) is 26.3 Å². The molecule has 5 heteroatoms. The van der Waals surface area contributed by atoms with Crippen molar-refractivity contribution in [1.29, 1.82) is 0 Å². The van der Waals surface area contributed by atoms with Crippen LogP contribution in [0, 0.1) is 11.6 Å². The van der Waals surface area contributed by atoms with Gasteiger partial charge in [0.2, 0.25) is 0 Å². The average Bonchev–Trinajstić information content (AvgIpc) is 3.08. The Labute approximate surface area is 124 Å². The number of rotatable bonds is 5. The van der Waals surface area contributed by atoms with E-state index >= 15 is 0 Å². The van der Waals surface area contributed by atoms with Crippen molar-refractivity contribution in [2.24, 2.45) is 0 Å². The van der Waals surface area contributed by atoms with Gasteiger partial charge in [0.25, 0.3) is 0 Å². The molecule has 1 fully saturated rings. The highest BCUT2D eigenvalue weighted by Crippen LogP contribution is 2.53. The minimum Gasteiger partial charge on any atom is -0.463 e. The van der Waals surface area contributed by atoms with Gasteiger partial charge in [0, 0.05) is 21.5 Å². The monoisotopic (exact) mass is 344 g/mol. The van der Waals surface area contributed by atoms with Crippen LogP contribution in [0.2, 0.25) is 0 Å². The number of allylic oxidation sites excluding steroid dienone is 1. The molecule has 0 unspecified atom stereocenters. The fourth-order valence-electron chi connectivity index (χ4n) is 2.33. The maximum Gasteiger partial charge on any atom is 0.330 e. The number of carbonyl (C=O) groups is 1. The Hall–Kier alpha value is -1.23. The maximum absolute atomic E-state index is 14.0. The first-order valence-corrected chi connectivity index (χ1v) is 7.26. The third-order valence-corrected chi connectivity index (χ3v) is 3.90. The van der Waals surface area contributed by atoms with Crippen LogP contribution in [0.4, 0.5) is 8.78 Å². The number of halogens is 3. The molecule has 1 aliphatic carbocycles. The van der Waals surface area contributed by atoms with Crippen LogP contribution in [0.5, 0.6) is 0 Å². The summed E-state index contributed by atoms with van der Waals surface area (Å²) in [7, 11) is 0. The second kappa shape index (κ2) is 6.04. The van der Waals surface area contributed by atoms with Gasteiger partial charge in [-0.15, -0.1) is 0 Å². The van der Waals surface area contributed by atoms with Crippen LogP contribution < -0.4 is 0 Å². The van der Waals surface area contributed by atoms with E-state index in [1.165, 1.54) is 18.2 Å². The summed E-state index contributed by atoms with van der Waals surface area (Å²) in [4.78, 5) is 11.2. The van der Waals surface area contributed by atoms with Gasteiger partial charge in [0.15, 0.2) is 0 Å². The van der Waals surface area contributed by atoms with Gasteiger partial charge in [-0.3, -0.25) is 0 Å². The summed E-state index contributed by atoms with van der Waals surface area (Å²) in [6, 6.07) is 2.54. The quantitative estimate of drug-likeness (QED) is 0.589. The van der Waals surface area contributed by atoms with Crippen LogP contribution in [0.3, 0.4) is 0 Å². The smallest absolute Gasteiger partial charge is 0.330 e. The molecule has 0 heterocycles. The molecule has 1 aliphatic rings. The highest BCUT2D eigenvalue weighted by Gasteiger charge is 2.46. The summed E-state index contributed by atoms with van der Waals surface area (Å²) < 4.78 is 33.1. The van der Waals surface area contributed by atoms with E-state index in [4.69, 9.17) is 4.74 Å². The second-order valence-electron chi connectivity index (χ2n) is 4.88. The molecule has 0 atom stereocenters. The Balaban J connectivity index is 2.14. The molecule has 2 rings (SSSR count). The van der Waals surface area contributed by atoms with E-state index in [0.29, 0.717) is 17.5 Å². The van der Waals surface area contributed by atoms with Gasteiger partial charge in [-0.2, -0.15) is 0 Å². The van der Waals surface area contributed by atoms with Gasteiger partial charge < -0.3 is 4.74 Å². The summed E-state index contributed by atoms with van der Waals surface area (Å²) >= 11 is 3.07. The molecular weight excluding hydrogens is 330 g/mol. The molecule has 20 heavy (non-hydrogen) atoms. The van der Waals surface area contributed by atoms with Crippen LogP contribution in [0.15, 0.2) is 28.8 Å². The van der Waals surface area contributed by atoms with Crippen molar-refractivity contribution >= 4 is 21.9 Å². The van der Waals surface area contributed by atoms with Crippen molar-refractivity contribution in [1.82, 2.24) is 0 Å². The van der Waals surface area contributed by atoms with Crippen molar-refractivity contribution in [2.75, 3.05) is 6.61 Å².